The monoisotopic (exact) mass is 164 g/mol. The van der Waals surface area contributed by atoms with Crippen LogP contribution >= 0.6 is 0 Å². The number of carbonyl (C=O) groups is 1. The Bertz CT molecular complexity index is 269. The first-order chi connectivity index (χ1) is 5.77. The highest BCUT2D eigenvalue weighted by molar-refractivity contribution is 5.77. The molecule has 5 atom stereocenters. The lowest BCUT2D eigenvalue weighted by Gasteiger charge is -2.18. The maximum absolute atomic E-state index is 11.4. The average Bonchev–Trinajstić information content (AvgIpc) is 2.64. The quantitative estimate of drug-likeness (QED) is 0.399. The summed E-state index contributed by atoms with van der Waals surface area (Å²) in [6, 6.07) is 0. The van der Waals surface area contributed by atoms with Crippen LogP contribution in [0.2, 0.25) is 0 Å². The predicted molar refractivity (Wildman–Crippen MR) is 43.3 cm³/mol. The van der Waals surface area contributed by atoms with E-state index in [-0.39, 0.29) is 18.0 Å². The number of allylic oxidation sites excluding steroid dienone is 2. The Hall–Kier alpha value is -0.790. The molecule has 2 bridgehead atoms. The molecular formula is C10H12O2. The molecule has 2 nitrogen and oxygen atoms in total. The van der Waals surface area contributed by atoms with Gasteiger partial charge in [-0.3, -0.25) is 4.79 Å². The Kier molecular flexibility index (Phi) is 1.07. The molecule has 2 fully saturated rings. The summed E-state index contributed by atoms with van der Waals surface area (Å²) >= 11 is 0. The van der Waals surface area contributed by atoms with Crippen molar-refractivity contribution in [3.05, 3.63) is 12.2 Å². The second kappa shape index (κ2) is 1.93. The molecule has 1 saturated carbocycles. The number of hydrogen-bond donors (Lipinski definition) is 0. The van der Waals surface area contributed by atoms with Gasteiger partial charge in [0.25, 0.3) is 0 Å². The number of hydrogen-bond acceptors (Lipinski definition) is 2. The number of fused-ring (bicyclic) bond motifs is 5. The summed E-state index contributed by atoms with van der Waals surface area (Å²) in [5, 5.41) is 0. The van der Waals surface area contributed by atoms with E-state index in [0.717, 1.165) is 0 Å². The van der Waals surface area contributed by atoms with E-state index in [1.54, 1.807) is 0 Å². The zero-order valence-corrected chi connectivity index (χ0v) is 7.07. The highest BCUT2D eigenvalue weighted by atomic mass is 16.6. The van der Waals surface area contributed by atoms with Crippen LogP contribution in [0.15, 0.2) is 12.2 Å². The van der Waals surface area contributed by atoms with Crippen molar-refractivity contribution in [1.82, 2.24) is 0 Å². The third-order valence-corrected chi connectivity index (χ3v) is 3.64. The molecule has 0 amide bonds. The van der Waals surface area contributed by atoms with Gasteiger partial charge in [0.15, 0.2) is 0 Å². The van der Waals surface area contributed by atoms with Crippen molar-refractivity contribution >= 4 is 5.97 Å². The largest absolute Gasteiger partial charge is 0.462 e. The van der Waals surface area contributed by atoms with Crippen LogP contribution in [0.25, 0.3) is 0 Å². The van der Waals surface area contributed by atoms with Crippen molar-refractivity contribution < 1.29 is 9.53 Å². The Morgan fingerprint density at radius 2 is 2.17 bits per heavy atom. The Labute approximate surface area is 71.6 Å². The molecule has 12 heavy (non-hydrogen) atoms. The average molecular weight is 164 g/mol. The van der Waals surface area contributed by atoms with Gasteiger partial charge in [0, 0.05) is 5.92 Å². The smallest absolute Gasteiger partial charge is 0.310 e. The third-order valence-electron chi connectivity index (χ3n) is 3.64. The van der Waals surface area contributed by atoms with E-state index in [9.17, 15) is 4.79 Å². The molecule has 0 N–H and O–H groups in total. The van der Waals surface area contributed by atoms with Crippen molar-refractivity contribution in [2.24, 2.45) is 23.7 Å². The highest BCUT2D eigenvalue weighted by Crippen LogP contribution is 2.53. The summed E-state index contributed by atoms with van der Waals surface area (Å²) in [4.78, 5) is 11.4. The first kappa shape index (κ1) is 6.70. The molecule has 3 aliphatic rings. The summed E-state index contributed by atoms with van der Waals surface area (Å²) in [5.41, 5.74) is 0. The van der Waals surface area contributed by atoms with Gasteiger partial charge in [-0.1, -0.05) is 12.2 Å². The van der Waals surface area contributed by atoms with Crippen LogP contribution in [0.1, 0.15) is 13.3 Å². The fourth-order valence-corrected chi connectivity index (χ4v) is 3.17. The maximum Gasteiger partial charge on any atom is 0.310 e. The molecule has 64 valence electrons. The number of esters is 1. The SMILES string of the molecule is CC1OC(=O)C2C3C=CC(C3)C12. The van der Waals surface area contributed by atoms with E-state index in [1.165, 1.54) is 6.42 Å². The summed E-state index contributed by atoms with van der Waals surface area (Å²) in [7, 11) is 0. The van der Waals surface area contributed by atoms with Gasteiger partial charge in [0.05, 0.1) is 5.92 Å². The minimum absolute atomic E-state index is 0.0457. The molecule has 2 aliphatic carbocycles. The third kappa shape index (κ3) is 0.598. The van der Waals surface area contributed by atoms with Crippen molar-refractivity contribution in [3.63, 3.8) is 0 Å². The first-order valence-electron chi connectivity index (χ1n) is 4.66. The molecule has 0 radical (unpaired) electrons. The Balaban J connectivity index is 2.03. The van der Waals surface area contributed by atoms with Gasteiger partial charge in [-0.15, -0.1) is 0 Å². The molecular weight excluding hydrogens is 152 g/mol. The van der Waals surface area contributed by atoms with Gasteiger partial charge in [-0.05, 0) is 25.2 Å². The molecule has 5 unspecified atom stereocenters. The van der Waals surface area contributed by atoms with Gasteiger partial charge in [-0.25, -0.2) is 0 Å². The van der Waals surface area contributed by atoms with Crippen LogP contribution in [-0.4, -0.2) is 12.1 Å². The van der Waals surface area contributed by atoms with E-state index >= 15 is 0 Å². The van der Waals surface area contributed by atoms with Crippen molar-refractivity contribution in [2.75, 3.05) is 0 Å². The van der Waals surface area contributed by atoms with Crippen LogP contribution in [0, 0.1) is 23.7 Å². The molecule has 1 saturated heterocycles. The normalized spacial score (nSPS) is 54.4. The van der Waals surface area contributed by atoms with E-state index in [0.29, 0.717) is 17.8 Å². The Morgan fingerprint density at radius 1 is 1.42 bits per heavy atom. The van der Waals surface area contributed by atoms with Crippen molar-refractivity contribution in [2.45, 2.75) is 19.4 Å². The molecule has 2 heteroatoms. The lowest BCUT2D eigenvalue weighted by atomic mass is 9.82. The van der Waals surface area contributed by atoms with E-state index in [4.69, 9.17) is 4.74 Å². The van der Waals surface area contributed by atoms with Crippen molar-refractivity contribution in [3.8, 4) is 0 Å². The molecule has 0 aromatic rings. The number of carbonyl (C=O) groups excluding carboxylic acids is 1. The van der Waals surface area contributed by atoms with E-state index < -0.39 is 0 Å². The lowest BCUT2D eigenvalue weighted by Crippen LogP contribution is -2.22. The van der Waals surface area contributed by atoms with Crippen LogP contribution in [0.5, 0.6) is 0 Å². The summed E-state index contributed by atoms with van der Waals surface area (Å²) < 4.78 is 5.23. The lowest BCUT2D eigenvalue weighted by molar-refractivity contribution is -0.144. The molecule has 3 rings (SSSR count). The topological polar surface area (TPSA) is 26.3 Å². The number of cyclic esters (lactones) is 1. The molecule has 0 spiro atoms. The fourth-order valence-electron chi connectivity index (χ4n) is 3.17. The van der Waals surface area contributed by atoms with Crippen molar-refractivity contribution in [1.29, 1.82) is 0 Å². The molecule has 1 heterocycles. The summed E-state index contributed by atoms with van der Waals surface area (Å²) in [6.07, 6.45) is 5.81. The minimum Gasteiger partial charge on any atom is -0.462 e. The van der Waals surface area contributed by atoms with Gasteiger partial charge in [-0.2, -0.15) is 0 Å². The summed E-state index contributed by atoms with van der Waals surface area (Å²) in [6.45, 7) is 2.02. The number of ether oxygens (including phenoxy) is 1. The maximum atomic E-state index is 11.4. The zero-order valence-electron chi connectivity index (χ0n) is 7.07. The van der Waals surface area contributed by atoms with Gasteiger partial charge in [0.1, 0.15) is 6.10 Å². The fraction of sp³-hybridized carbons (Fsp3) is 0.700. The van der Waals surface area contributed by atoms with Gasteiger partial charge in [0.2, 0.25) is 0 Å². The molecule has 1 aliphatic heterocycles. The van der Waals surface area contributed by atoms with Gasteiger partial charge >= 0.3 is 5.97 Å². The van der Waals surface area contributed by atoms with Gasteiger partial charge < -0.3 is 4.74 Å². The molecule has 0 aromatic heterocycles. The van der Waals surface area contributed by atoms with Crippen LogP contribution in [0.4, 0.5) is 0 Å². The molecule has 0 aromatic carbocycles. The Morgan fingerprint density at radius 3 is 2.92 bits per heavy atom. The number of rotatable bonds is 0. The second-order valence-corrected chi connectivity index (χ2v) is 4.19. The van der Waals surface area contributed by atoms with Crippen LogP contribution < -0.4 is 0 Å². The van der Waals surface area contributed by atoms with E-state index in [2.05, 4.69) is 12.2 Å². The van der Waals surface area contributed by atoms with Crippen LogP contribution in [0.3, 0.4) is 0 Å². The minimum atomic E-state index is 0.0457. The standard InChI is InChI=1S/C10H12O2/c1-5-8-6-2-3-7(4-6)9(8)10(11)12-5/h2-3,5-9H,4H2,1H3. The zero-order chi connectivity index (χ0) is 8.29. The van der Waals surface area contributed by atoms with Crippen LogP contribution in [-0.2, 0) is 9.53 Å². The predicted octanol–water partition coefficient (Wildman–Crippen LogP) is 1.37. The highest BCUT2D eigenvalue weighted by Gasteiger charge is 2.56. The first-order valence-corrected chi connectivity index (χ1v) is 4.66. The van der Waals surface area contributed by atoms with E-state index in [1.807, 2.05) is 6.92 Å². The summed E-state index contributed by atoms with van der Waals surface area (Å²) in [5.74, 6) is 1.87. The second-order valence-electron chi connectivity index (χ2n) is 4.19.